The Labute approximate surface area is 199 Å². The van der Waals surface area contributed by atoms with Crippen LogP contribution in [-0.4, -0.2) is 50.5 Å². The molecule has 0 radical (unpaired) electrons. The summed E-state index contributed by atoms with van der Waals surface area (Å²) in [5.41, 5.74) is 1.50. The maximum atomic E-state index is 13.4. The van der Waals surface area contributed by atoms with Crippen molar-refractivity contribution in [3.63, 3.8) is 0 Å². The van der Waals surface area contributed by atoms with E-state index in [0.29, 0.717) is 22.7 Å². The third-order valence-corrected chi connectivity index (χ3v) is 6.46. The number of halogens is 2. The molecule has 0 aliphatic rings. The van der Waals surface area contributed by atoms with Crippen LogP contribution in [0.4, 0.5) is 10.1 Å². The maximum absolute atomic E-state index is 13.4. The van der Waals surface area contributed by atoms with Gasteiger partial charge in [0.25, 0.3) is 0 Å². The van der Waals surface area contributed by atoms with E-state index in [1.165, 1.54) is 35.2 Å². The number of hydrogen-bond acceptors (Lipinski definition) is 4. The summed E-state index contributed by atoms with van der Waals surface area (Å²) in [4.78, 5) is 27.3. The summed E-state index contributed by atoms with van der Waals surface area (Å²) in [6.45, 7) is 5.12. The zero-order chi connectivity index (χ0) is 24.8. The molecule has 0 aliphatic heterocycles. The molecule has 10 heteroatoms. The van der Waals surface area contributed by atoms with Crippen LogP contribution in [0.1, 0.15) is 31.4 Å². The predicted molar refractivity (Wildman–Crippen MR) is 128 cm³/mol. The van der Waals surface area contributed by atoms with Gasteiger partial charge >= 0.3 is 0 Å². The number of rotatable bonds is 10. The number of carbonyl (C=O) groups is 2. The van der Waals surface area contributed by atoms with Crippen LogP contribution in [0.15, 0.2) is 42.5 Å². The second kappa shape index (κ2) is 11.5. The third-order valence-electron chi connectivity index (χ3n) is 5.10. The fraction of sp³-hybridized carbons (Fsp3) is 0.391. The summed E-state index contributed by atoms with van der Waals surface area (Å²) in [5.74, 6) is -1.37. The lowest BCUT2D eigenvalue weighted by Crippen LogP contribution is -2.51. The van der Waals surface area contributed by atoms with E-state index in [1.807, 2.05) is 6.92 Å². The second-order valence-corrected chi connectivity index (χ2v) is 10.2. The van der Waals surface area contributed by atoms with Crippen LogP contribution < -0.4 is 9.62 Å². The van der Waals surface area contributed by atoms with Crippen molar-refractivity contribution in [1.29, 1.82) is 0 Å². The van der Waals surface area contributed by atoms with Gasteiger partial charge in [-0.05, 0) is 55.7 Å². The molecule has 0 bridgehead atoms. The smallest absolute Gasteiger partial charge is 0.244 e. The fourth-order valence-electron chi connectivity index (χ4n) is 3.21. The number of sulfonamides is 1. The van der Waals surface area contributed by atoms with Gasteiger partial charge < -0.3 is 10.2 Å². The van der Waals surface area contributed by atoms with Crippen LogP contribution in [0.5, 0.6) is 0 Å². The summed E-state index contributed by atoms with van der Waals surface area (Å²) in [7, 11) is -3.85. The first kappa shape index (κ1) is 26.6. The number of benzene rings is 2. The topological polar surface area (TPSA) is 86.8 Å². The number of nitrogens with zero attached hydrogens (tertiary/aromatic N) is 2. The van der Waals surface area contributed by atoms with E-state index in [2.05, 4.69) is 5.32 Å². The van der Waals surface area contributed by atoms with Crippen molar-refractivity contribution in [2.24, 2.45) is 0 Å². The van der Waals surface area contributed by atoms with Crippen molar-refractivity contribution in [3.8, 4) is 0 Å². The van der Waals surface area contributed by atoms with Crippen LogP contribution >= 0.6 is 11.6 Å². The number of carbonyl (C=O) groups excluding carboxylic acids is 2. The van der Waals surface area contributed by atoms with Crippen LogP contribution in [0, 0.1) is 12.7 Å². The fourth-order valence-corrected chi connectivity index (χ4v) is 4.28. The molecule has 33 heavy (non-hydrogen) atoms. The molecule has 0 saturated heterocycles. The van der Waals surface area contributed by atoms with Crippen molar-refractivity contribution in [1.82, 2.24) is 10.2 Å². The Bertz CT molecular complexity index is 1090. The Kier molecular flexibility index (Phi) is 9.25. The molecule has 2 amide bonds. The van der Waals surface area contributed by atoms with Crippen LogP contribution in [0.25, 0.3) is 0 Å². The van der Waals surface area contributed by atoms with Crippen molar-refractivity contribution >= 4 is 39.1 Å². The lowest BCUT2D eigenvalue weighted by molar-refractivity contribution is -0.139. The molecule has 0 heterocycles. The van der Waals surface area contributed by atoms with E-state index in [1.54, 1.807) is 26.0 Å². The van der Waals surface area contributed by atoms with Gasteiger partial charge in [-0.1, -0.05) is 36.7 Å². The van der Waals surface area contributed by atoms with Crippen molar-refractivity contribution in [2.75, 3.05) is 23.7 Å². The van der Waals surface area contributed by atoms with E-state index in [4.69, 9.17) is 11.6 Å². The van der Waals surface area contributed by atoms with Gasteiger partial charge in [0.15, 0.2) is 0 Å². The average molecular weight is 498 g/mol. The van der Waals surface area contributed by atoms with Gasteiger partial charge in [0, 0.05) is 18.1 Å². The maximum Gasteiger partial charge on any atom is 0.244 e. The summed E-state index contributed by atoms with van der Waals surface area (Å²) < 4.78 is 39.5. The molecular formula is C23H29ClFN3O4S. The number of anilines is 1. The monoisotopic (exact) mass is 497 g/mol. The summed E-state index contributed by atoms with van der Waals surface area (Å²) >= 11 is 6.07. The molecule has 7 nitrogen and oxygen atoms in total. The minimum Gasteiger partial charge on any atom is -0.354 e. The zero-order valence-corrected chi connectivity index (χ0v) is 20.7. The van der Waals surface area contributed by atoms with Gasteiger partial charge in [0.05, 0.1) is 11.9 Å². The molecule has 0 aliphatic carbocycles. The van der Waals surface area contributed by atoms with E-state index < -0.39 is 34.3 Å². The highest BCUT2D eigenvalue weighted by atomic mass is 35.5. The quantitative estimate of drug-likeness (QED) is 0.544. The van der Waals surface area contributed by atoms with E-state index in [9.17, 15) is 22.4 Å². The molecule has 0 spiro atoms. The molecule has 0 aromatic heterocycles. The first-order chi connectivity index (χ1) is 15.4. The first-order valence-electron chi connectivity index (χ1n) is 10.5. The van der Waals surface area contributed by atoms with Crippen LogP contribution in [0.3, 0.4) is 0 Å². The zero-order valence-electron chi connectivity index (χ0n) is 19.1. The van der Waals surface area contributed by atoms with E-state index in [0.717, 1.165) is 17.0 Å². The SMILES string of the molecule is CCCNC(=O)[C@@H](C)N(Cc1ccc(F)cc1)C(=O)CN(c1cc(Cl)ccc1C)S(C)(=O)=O. The second-order valence-electron chi connectivity index (χ2n) is 7.82. The highest BCUT2D eigenvalue weighted by molar-refractivity contribution is 7.92. The highest BCUT2D eigenvalue weighted by Crippen LogP contribution is 2.26. The number of amides is 2. The number of aryl methyl sites for hydroxylation is 1. The molecule has 1 atom stereocenters. The molecule has 1 N–H and O–H groups in total. The van der Waals surface area contributed by atoms with Gasteiger partial charge in [0.1, 0.15) is 18.4 Å². The van der Waals surface area contributed by atoms with Crippen molar-refractivity contribution in [2.45, 2.75) is 39.8 Å². The van der Waals surface area contributed by atoms with E-state index in [-0.39, 0.29) is 18.1 Å². The molecule has 0 unspecified atom stereocenters. The molecule has 0 fully saturated rings. The van der Waals surface area contributed by atoms with Crippen LogP contribution in [-0.2, 0) is 26.2 Å². The number of nitrogens with one attached hydrogen (secondary N) is 1. The molecular weight excluding hydrogens is 469 g/mol. The predicted octanol–water partition coefficient (Wildman–Crippen LogP) is 3.50. The molecule has 2 aromatic rings. The highest BCUT2D eigenvalue weighted by Gasteiger charge is 2.30. The molecule has 180 valence electrons. The standard InChI is InChI=1S/C23H29ClFN3O4S/c1-5-12-26-23(30)17(3)27(14-18-7-10-20(25)11-8-18)22(29)15-28(33(4,31)32)21-13-19(24)9-6-16(21)2/h6-11,13,17H,5,12,14-15H2,1-4H3,(H,26,30)/t17-/m1/s1. The first-order valence-corrected chi connectivity index (χ1v) is 12.7. The Morgan fingerprint density at radius 1 is 1.15 bits per heavy atom. The molecule has 0 saturated carbocycles. The summed E-state index contributed by atoms with van der Waals surface area (Å²) in [5, 5.41) is 3.08. The summed E-state index contributed by atoms with van der Waals surface area (Å²) in [6, 6.07) is 9.45. The Morgan fingerprint density at radius 2 is 1.79 bits per heavy atom. The third kappa shape index (κ3) is 7.43. The van der Waals surface area contributed by atoms with Gasteiger partial charge in [0.2, 0.25) is 21.8 Å². The van der Waals surface area contributed by atoms with Gasteiger partial charge in [-0.2, -0.15) is 0 Å². The molecule has 2 aromatic carbocycles. The van der Waals surface area contributed by atoms with Crippen molar-refractivity contribution < 1.29 is 22.4 Å². The van der Waals surface area contributed by atoms with Crippen LogP contribution in [0.2, 0.25) is 5.02 Å². The van der Waals surface area contributed by atoms with Crippen molar-refractivity contribution in [3.05, 3.63) is 64.4 Å². The largest absolute Gasteiger partial charge is 0.354 e. The normalized spacial score (nSPS) is 12.2. The summed E-state index contributed by atoms with van der Waals surface area (Å²) in [6.07, 6.45) is 1.72. The van der Waals surface area contributed by atoms with Gasteiger partial charge in [-0.15, -0.1) is 0 Å². The molecule has 2 rings (SSSR count). The van der Waals surface area contributed by atoms with Gasteiger partial charge in [-0.25, -0.2) is 12.8 Å². The Hall–Kier alpha value is -2.65. The lowest BCUT2D eigenvalue weighted by Gasteiger charge is -2.32. The number of hydrogen-bond donors (Lipinski definition) is 1. The van der Waals surface area contributed by atoms with E-state index >= 15 is 0 Å². The minimum absolute atomic E-state index is 0.00591. The Balaban J connectivity index is 2.40. The van der Waals surface area contributed by atoms with Gasteiger partial charge in [-0.3, -0.25) is 13.9 Å². The minimum atomic E-state index is -3.85. The average Bonchev–Trinajstić information content (AvgIpc) is 2.75. The lowest BCUT2D eigenvalue weighted by atomic mass is 10.1. The Morgan fingerprint density at radius 3 is 2.36 bits per heavy atom.